The van der Waals surface area contributed by atoms with Gasteiger partial charge in [-0.05, 0) is 44.0 Å². The fourth-order valence-electron chi connectivity index (χ4n) is 2.90. The molecule has 2 N–H and O–H groups in total. The molecule has 0 radical (unpaired) electrons. The topological polar surface area (TPSA) is 114 Å². The molecule has 0 saturated carbocycles. The molecule has 28 heavy (non-hydrogen) atoms. The molecule has 0 amide bonds. The van der Waals surface area contributed by atoms with Crippen molar-refractivity contribution in [1.29, 1.82) is 0 Å². The first-order chi connectivity index (χ1) is 13.3. The summed E-state index contributed by atoms with van der Waals surface area (Å²) in [7, 11) is -3.94. The molecular weight excluding hydrogens is 380 g/mol. The summed E-state index contributed by atoms with van der Waals surface area (Å²) >= 11 is 0. The molecule has 3 rings (SSSR count). The second kappa shape index (κ2) is 8.39. The highest BCUT2D eigenvalue weighted by Crippen LogP contribution is 2.30. The Morgan fingerprint density at radius 1 is 1.07 bits per heavy atom. The first-order valence-electron chi connectivity index (χ1n) is 9.03. The number of nitro benzene ring substituents is 1. The lowest BCUT2D eigenvalue weighted by Crippen LogP contribution is -2.30. The molecule has 0 aliphatic carbocycles. The van der Waals surface area contributed by atoms with Gasteiger partial charge in [-0.3, -0.25) is 19.8 Å². The third-order valence-corrected chi connectivity index (χ3v) is 5.81. The van der Waals surface area contributed by atoms with Crippen molar-refractivity contribution in [2.45, 2.75) is 37.5 Å². The lowest BCUT2D eigenvalue weighted by molar-refractivity contribution is -0.384. The highest BCUT2D eigenvalue weighted by Gasteiger charge is 2.23. The molecular formula is C19H22N4O4S. The zero-order chi connectivity index (χ0) is 20.1. The van der Waals surface area contributed by atoms with Gasteiger partial charge in [0.1, 0.15) is 11.5 Å². The summed E-state index contributed by atoms with van der Waals surface area (Å²) in [6.07, 6.45) is 3.34. The lowest BCUT2D eigenvalue weighted by Gasteiger charge is -2.12. The van der Waals surface area contributed by atoms with Gasteiger partial charge >= 0.3 is 0 Å². The van der Waals surface area contributed by atoms with Gasteiger partial charge in [0.05, 0.1) is 9.82 Å². The van der Waals surface area contributed by atoms with E-state index in [0.29, 0.717) is 24.5 Å². The van der Waals surface area contributed by atoms with Crippen molar-refractivity contribution >= 4 is 32.9 Å². The van der Waals surface area contributed by atoms with Crippen LogP contribution in [0.25, 0.3) is 0 Å². The minimum absolute atomic E-state index is 0.166. The molecule has 0 spiro atoms. The van der Waals surface area contributed by atoms with Crippen LogP contribution in [0.4, 0.5) is 17.1 Å². The normalized spacial score (nSPS) is 14.7. The van der Waals surface area contributed by atoms with Gasteiger partial charge in [0.15, 0.2) is 0 Å². The molecule has 1 aliphatic heterocycles. The molecule has 0 bridgehead atoms. The van der Waals surface area contributed by atoms with E-state index in [1.807, 2.05) is 19.1 Å². The van der Waals surface area contributed by atoms with E-state index in [4.69, 9.17) is 0 Å². The minimum atomic E-state index is -3.94. The molecule has 1 heterocycles. The first-order valence-corrected chi connectivity index (χ1v) is 10.5. The summed E-state index contributed by atoms with van der Waals surface area (Å²) < 4.78 is 27.8. The van der Waals surface area contributed by atoms with Gasteiger partial charge in [-0.15, -0.1) is 0 Å². The molecule has 0 fully saturated rings. The number of anilines is 2. The summed E-state index contributed by atoms with van der Waals surface area (Å²) in [6, 6.07) is 11.2. The molecule has 0 aromatic heterocycles. The van der Waals surface area contributed by atoms with E-state index in [1.165, 1.54) is 12.1 Å². The SMILES string of the molecule is Cc1ccc(Nc2ccc(S(=O)(=O)NC3=NCCCCC3)cc2[N+](=O)[O-])cc1. The number of nitrogens with zero attached hydrogens (tertiary/aromatic N) is 2. The van der Waals surface area contributed by atoms with E-state index in [-0.39, 0.29) is 16.3 Å². The number of nitro groups is 1. The zero-order valence-corrected chi connectivity index (χ0v) is 16.3. The average molecular weight is 402 g/mol. The maximum absolute atomic E-state index is 12.7. The van der Waals surface area contributed by atoms with Crippen molar-refractivity contribution in [2.75, 3.05) is 11.9 Å². The van der Waals surface area contributed by atoms with Gasteiger partial charge in [0, 0.05) is 24.7 Å². The summed E-state index contributed by atoms with van der Waals surface area (Å²) in [6.45, 7) is 2.52. The Hall–Kier alpha value is -2.94. The maximum Gasteiger partial charge on any atom is 0.294 e. The number of hydrogen-bond donors (Lipinski definition) is 2. The molecule has 0 atom stereocenters. The summed E-state index contributed by atoms with van der Waals surface area (Å²) in [5.41, 5.74) is 1.65. The third-order valence-electron chi connectivity index (χ3n) is 4.43. The smallest absolute Gasteiger partial charge is 0.294 e. The van der Waals surface area contributed by atoms with E-state index >= 15 is 0 Å². The number of sulfonamides is 1. The number of amidine groups is 1. The van der Waals surface area contributed by atoms with Crippen molar-refractivity contribution in [3.05, 3.63) is 58.1 Å². The highest BCUT2D eigenvalue weighted by atomic mass is 32.2. The number of benzene rings is 2. The predicted molar refractivity (Wildman–Crippen MR) is 109 cm³/mol. The van der Waals surface area contributed by atoms with Crippen LogP contribution in [0.2, 0.25) is 0 Å². The van der Waals surface area contributed by atoms with Crippen LogP contribution in [0.5, 0.6) is 0 Å². The Labute approximate surface area is 163 Å². The zero-order valence-electron chi connectivity index (χ0n) is 15.5. The number of aliphatic imine (C=N–C) groups is 1. The van der Waals surface area contributed by atoms with Gasteiger partial charge in [-0.2, -0.15) is 0 Å². The molecule has 2 aromatic carbocycles. The Balaban J connectivity index is 1.88. The Kier molecular flexibility index (Phi) is 5.93. The molecule has 8 nitrogen and oxygen atoms in total. The summed E-state index contributed by atoms with van der Waals surface area (Å²) in [4.78, 5) is 15.0. The van der Waals surface area contributed by atoms with Gasteiger partial charge in [0.25, 0.3) is 15.7 Å². The fourth-order valence-corrected chi connectivity index (χ4v) is 4.01. The third kappa shape index (κ3) is 4.86. The number of hydrogen-bond acceptors (Lipinski definition) is 6. The molecule has 2 aromatic rings. The fraction of sp³-hybridized carbons (Fsp3) is 0.316. The van der Waals surface area contributed by atoms with Gasteiger partial charge in [0.2, 0.25) is 0 Å². The van der Waals surface area contributed by atoms with Crippen LogP contribution in [0.3, 0.4) is 0 Å². The lowest BCUT2D eigenvalue weighted by atomic mass is 10.2. The number of nitrogens with one attached hydrogen (secondary N) is 2. The Morgan fingerprint density at radius 3 is 2.54 bits per heavy atom. The van der Waals surface area contributed by atoms with Gasteiger partial charge in [-0.1, -0.05) is 24.1 Å². The van der Waals surface area contributed by atoms with Gasteiger partial charge < -0.3 is 5.32 Å². The summed E-state index contributed by atoms with van der Waals surface area (Å²) in [5.74, 6) is 0.405. The molecule has 0 saturated heterocycles. The van der Waals surface area contributed by atoms with Crippen LogP contribution in [0, 0.1) is 17.0 Å². The Morgan fingerprint density at radius 2 is 1.82 bits per heavy atom. The van der Waals surface area contributed by atoms with E-state index in [9.17, 15) is 18.5 Å². The number of rotatable bonds is 5. The van der Waals surface area contributed by atoms with Crippen LogP contribution in [0.1, 0.15) is 31.2 Å². The molecule has 1 aliphatic rings. The highest BCUT2D eigenvalue weighted by molar-refractivity contribution is 7.90. The number of aryl methyl sites for hydroxylation is 1. The second-order valence-corrected chi connectivity index (χ2v) is 8.35. The predicted octanol–water partition coefficient (Wildman–Crippen LogP) is 3.90. The summed E-state index contributed by atoms with van der Waals surface area (Å²) in [5, 5.41) is 14.5. The van der Waals surface area contributed by atoms with Gasteiger partial charge in [-0.25, -0.2) is 8.42 Å². The van der Waals surface area contributed by atoms with Crippen LogP contribution in [-0.2, 0) is 10.0 Å². The average Bonchev–Trinajstić information content (AvgIpc) is 2.91. The van der Waals surface area contributed by atoms with E-state index in [2.05, 4.69) is 15.0 Å². The van der Waals surface area contributed by atoms with Crippen molar-refractivity contribution in [2.24, 2.45) is 4.99 Å². The van der Waals surface area contributed by atoms with Crippen LogP contribution in [0.15, 0.2) is 52.4 Å². The van der Waals surface area contributed by atoms with Crippen LogP contribution in [-0.4, -0.2) is 25.7 Å². The standard InChI is InChI=1S/C19H22N4O4S/c1-14-6-8-15(9-7-14)21-17-11-10-16(13-18(17)23(24)25)28(26,27)22-19-5-3-2-4-12-20-19/h6-11,13,21H,2-5,12H2,1H3,(H,20,22). The van der Waals surface area contributed by atoms with Crippen molar-refractivity contribution in [3.63, 3.8) is 0 Å². The minimum Gasteiger partial charge on any atom is -0.350 e. The van der Waals surface area contributed by atoms with Crippen LogP contribution >= 0.6 is 0 Å². The molecule has 148 valence electrons. The quantitative estimate of drug-likeness (QED) is 0.582. The van der Waals surface area contributed by atoms with Crippen LogP contribution < -0.4 is 10.0 Å². The van der Waals surface area contributed by atoms with E-state index in [1.54, 1.807) is 12.1 Å². The van der Waals surface area contributed by atoms with Crippen molar-refractivity contribution in [3.8, 4) is 0 Å². The van der Waals surface area contributed by atoms with Crippen molar-refractivity contribution < 1.29 is 13.3 Å². The largest absolute Gasteiger partial charge is 0.350 e. The molecule has 0 unspecified atom stereocenters. The Bertz CT molecular complexity index is 1000. The van der Waals surface area contributed by atoms with E-state index < -0.39 is 14.9 Å². The first kappa shape index (κ1) is 19.8. The van der Waals surface area contributed by atoms with E-state index in [0.717, 1.165) is 30.9 Å². The van der Waals surface area contributed by atoms with Crippen molar-refractivity contribution in [1.82, 2.24) is 4.72 Å². The second-order valence-electron chi connectivity index (χ2n) is 6.67. The molecule has 9 heteroatoms. The maximum atomic E-state index is 12.7. The monoisotopic (exact) mass is 402 g/mol.